The molecular weight excluding hydrogens is 349 g/mol. The third kappa shape index (κ3) is 4.47. The van der Waals surface area contributed by atoms with Crippen molar-refractivity contribution in [3.05, 3.63) is 69.7 Å². The second-order valence-electron chi connectivity index (χ2n) is 4.95. The number of thiocarbonyl (C=S) groups is 1. The zero-order valence-corrected chi connectivity index (χ0v) is 14.9. The van der Waals surface area contributed by atoms with Crippen molar-refractivity contribution in [2.24, 2.45) is 0 Å². The lowest BCUT2D eigenvalue weighted by molar-refractivity contribution is -0.242. The van der Waals surface area contributed by atoms with Crippen LogP contribution in [0.3, 0.4) is 0 Å². The molecule has 0 aliphatic carbocycles. The Morgan fingerprint density at radius 1 is 1.13 bits per heavy atom. The molecule has 2 rings (SSSR count). The maximum Gasteiger partial charge on any atom is 0.106 e. The van der Waals surface area contributed by atoms with Crippen molar-refractivity contribution in [3.8, 4) is 0 Å². The van der Waals surface area contributed by atoms with Gasteiger partial charge in [0.05, 0.1) is 0 Å². The largest absolute Gasteiger partial charge is 0.872 e. The monoisotopic (exact) mass is 364 g/mol. The summed E-state index contributed by atoms with van der Waals surface area (Å²) in [4.78, 5) is 0.380. The van der Waals surface area contributed by atoms with E-state index >= 15 is 0 Å². The molecule has 2 nitrogen and oxygen atoms in total. The summed E-state index contributed by atoms with van der Waals surface area (Å²) < 4.78 is 0. The molecule has 0 fully saturated rings. The summed E-state index contributed by atoms with van der Waals surface area (Å²) in [6.07, 6.45) is 0.899. The fourth-order valence-electron chi connectivity index (χ4n) is 2.10. The number of nitrogens with one attached hydrogen (secondary N) is 1. The van der Waals surface area contributed by atoms with E-state index in [1.54, 1.807) is 30.3 Å². The Morgan fingerprint density at radius 3 is 2.48 bits per heavy atom. The van der Waals surface area contributed by atoms with Gasteiger partial charge in [0.25, 0.3) is 0 Å². The van der Waals surface area contributed by atoms with Gasteiger partial charge in [-0.3, -0.25) is 0 Å². The van der Waals surface area contributed by atoms with E-state index in [9.17, 15) is 5.11 Å². The number of benzene rings is 2. The highest BCUT2D eigenvalue weighted by atomic mass is 35.5. The molecule has 0 unspecified atom stereocenters. The number of rotatable bonds is 5. The fourth-order valence-corrected chi connectivity index (χ4v) is 2.79. The average Bonchev–Trinajstić information content (AvgIpc) is 2.57. The molecule has 0 saturated heterocycles. The van der Waals surface area contributed by atoms with Gasteiger partial charge < -0.3 is 10.4 Å². The lowest BCUT2D eigenvalue weighted by atomic mass is 10.0. The number of halogens is 2. The van der Waals surface area contributed by atoms with Crippen LogP contribution in [0.5, 0.6) is 0 Å². The molecule has 0 aliphatic rings. The molecule has 0 heterocycles. The maximum absolute atomic E-state index is 12.9. The molecule has 2 aromatic rings. The quantitative estimate of drug-likeness (QED) is 0.365. The van der Waals surface area contributed by atoms with Crippen LogP contribution < -0.4 is 10.4 Å². The molecule has 0 atom stereocenters. The van der Waals surface area contributed by atoms with Gasteiger partial charge >= 0.3 is 0 Å². The summed E-state index contributed by atoms with van der Waals surface area (Å²) in [5.74, 6) is -0.177. The lowest BCUT2D eigenvalue weighted by Crippen LogP contribution is -2.26. The van der Waals surface area contributed by atoms with Crippen LogP contribution >= 0.6 is 35.4 Å². The topological polar surface area (TPSA) is 35.1 Å². The van der Waals surface area contributed by atoms with E-state index in [0.29, 0.717) is 38.3 Å². The van der Waals surface area contributed by atoms with Gasteiger partial charge in [-0.2, -0.15) is 0 Å². The van der Waals surface area contributed by atoms with Crippen LogP contribution in [0.2, 0.25) is 10.0 Å². The van der Waals surface area contributed by atoms with E-state index in [1.165, 1.54) is 0 Å². The van der Waals surface area contributed by atoms with Crippen molar-refractivity contribution in [3.63, 3.8) is 0 Å². The minimum Gasteiger partial charge on any atom is -0.872 e. The van der Waals surface area contributed by atoms with Crippen LogP contribution in [-0.2, 0) is 0 Å². The highest BCUT2D eigenvalue weighted by molar-refractivity contribution is 7.81. The van der Waals surface area contributed by atoms with Crippen molar-refractivity contribution in [1.29, 1.82) is 0 Å². The third-order valence-corrected chi connectivity index (χ3v) is 4.14. The first-order valence-electron chi connectivity index (χ1n) is 7.25. The van der Waals surface area contributed by atoms with Gasteiger partial charge in [0, 0.05) is 27.7 Å². The van der Waals surface area contributed by atoms with Crippen LogP contribution in [0, 0.1) is 0 Å². The Bertz CT molecular complexity index is 729. The van der Waals surface area contributed by atoms with Crippen molar-refractivity contribution in [1.82, 2.24) is 5.32 Å². The minimum absolute atomic E-state index is 0.177. The maximum atomic E-state index is 12.9. The van der Waals surface area contributed by atoms with Gasteiger partial charge in [-0.15, -0.1) is 0 Å². The van der Waals surface area contributed by atoms with Crippen molar-refractivity contribution < 1.29 is 5.11 Å². The summed E-state index contributed by atoms with van der Waals surface area (Å²) in [6, 6.07) is 14.0. The van der Waals surface area contributed by atoms with E-state index < -0.39 is 0 Å². The van der Waals surface area contributed by atoms with Crippen LogP contribution in [0.25, 0.3) is 11.3 Å². The fraction of sp³-hybridized carbons (Fsp3) is 0.167. The Labute approximate surface area is 151 Å². The Morgan fingerprint density at radius 2 is 1.83 bits per heavy atom. The molecule has 0 bridgehead atoms. The van der Waals surface area contributed by atoms with Gasteiger partial charge in [-0.25, -0.2) is 0 Å². The normalized spacial score (nSPS) is 11.8. The van der Waals surface area contributed by atoms with Crippen molar-refractivity contribution >= 4 is 51.7 Å². The van der Waals surface area contributed by atoms with Gasteiger partial charge in [-0.1, -0.05) is 78.4 Å². The third-order valence-electron chi connectivity index (χ3n) is 3.22. The molecule has 0 aliphatic heterocycles. The van der Waals surface area contributed by atoms with Gasteiger partial charge in [-0.05, 0) is 30.2 Å². The number of hydrogen-bond acceptors (Lipinski definition) is 2. The predicted octanol–water partition coefficient (Wildman–Crippen LogP) is 4.55. The molecule has 0 saturated carbocycles. The molecule has 2 aromatic carbocycles. The van der Waals surface area contributed by atoms with Crippen LogP contribution in [0.1, 0.15) is 24.5 Å². The first-order valence-corrected chi connectivity index (χ1v) is 8.41. The van der Waals surface area contributed by atoms with Crippen molar-refractivity contribution in [2.75, 3.05) is 6.54 Å². The number of hydrogen-bond donors (Lipinski definition) is 1. The molecule has 0 amide bonds. The molecule has 5 heteroatoms. The highest BCUT2D eigenvalue weighted by Gasteiger charge is 2.14. The van der Waals surface area contributed by atoms with E-state index in [2.05, 4.69) is 5.32 Å². The first-order chi connectivity index (χ1) is 11.0. The second kappa shape index (κ2) is 8.34. The minimum atomic E-state index is -0.177. The van der Waals surface area contributed by atoms with Crippen LogP contribution in [-0.4, -0.2) is 11.5 Å². The Hall–Kier alpha value is -1.55. The van der Waals surface area contributed by atoms with Crippen LogP contribution in [0.4, 0.5) is 0 Å². The molecule has 1 N–H and O–H groups in total. The first kappa shape index (κ1) is 17.8. The standard InChI is InChI=1S/C18H17Cl2NOS/c1-2-10-21-18(23)16(14-11-13(19)8-9-15(14)20)17(22)12-6-4-3-5-7-12/h3-9,11,22H,2,10H2,1H3,(H,21,23)/p-1/b17-16-. The lowest BCUT2D eigenvalue weighted by Gasteiger charge is -2.22. The van der Waals surface area contributed by atoms with Crippen LogP contribution in [0.15, 0.2) is 48.5 Å². The van der Waals surface area contributed by atoms with Gasteiger partial charge in [0.1, 0.15) is 4.99 Å². The average molecular weight is 365 g/mol. The summed E-state index contributed by atoms with van der Waals surface area (Å²) in [5.41, 5.74) is 1.47. The van der Waals surface area contributed by atoms with E-state index in [4.69, 9.17) is 35.4 Å². The van der Waals surface area contributed by atoms with Gasteiger partial charge in [0.15, 0.2) is 0 Å². The summed E-state index contributed by atoms with van der Waals surface area (Å²) in [5, 5.41) is 17.0. The van der Waals surface area contributed by atoms with E-state index in [0.717, 1.165) is 6.42 Å². The molecular formula is C18H16Cl2NOS-. The molecule has 120 valence electrons. The predicted molar refractivity (Wildman–Crippen MR) is 101 cm³/mol. The zero-order chi connectivity index (χ0) is 16.8. The molecule has 0 radical (unpaired) electrons. The zero-order valence-electron chi connectivity index (χ0n) is 12.6. The summed E-state index contributed by atoms with van der Waals surface area (Å²) in [7, 11) is 0. The summed E-state index contributed by atoms with van der Waals surface area (Å²) >= 11 is 17.8. The highest BCUT2D eigenvalue weighted by Crippen LogP contribution is 2.31. The molecule has 0 aromatic heterocycles. The molecule has 23 heavy (non-hydrogen) atoms. The smallest absolute Gasteiger partial charge is 0.106 e. The molecule has 0 spiro atoms. The Kier molecular flexibility index (Phi) is 6.46. The Balaban J connectivity index is 2.61. The summed E-state index contributed by atoms with van der Waals surface area (Å²) in [6.45, 7) is 2.71. The second-order valence-corrected chi connectivity index (χ2v) is 6.20. The van der Waals surface area contributed by atoms with E-state index in [1.807, 2.05) is 25.1 Å². The van der Waals surface area contributed by atoms with E-state index in [-0.39, 0.29) is 5.76 Å². The van der Waals surface area contributed by atoms with Gasteiger partial charge in [0.2, 0.25) is 0 Å². The SMILES string of the molecule is CCCNC(=S)/C(=C(\[O-])c1ccccc1)c1cc(Cl)ccc1Cl. The van der Waals surface area contributed by atoms with Crippen molar-refractivity contribution in [2.45, 2.75) is 13.3 Å².